The first-order valence-corrected chi connectivity index (χ1v) is 13.6. The van der Waals surface area contributed by atoms with E-state index in [1.807, 2.05) is 78.7 Å². The van der Waals surface area contributed by atoms with Gasteiger partial charge in [-0.25, -0.2) is 23.4 Å². The molecule has 0 aliphatic heterocycles. The Morgan fingerprint density at radius 1 is 0.921 bits per heavy atom. The summed E-state index contributed by atoms with van der Waals surface area (Å²) in [4.78, 5) is 31.5. The molecule has 0 saturated heterocycles. The third-order valence-electron chi connectivity index (χ3n) is 5.90. The van der Waals surface area contributed by atoms with Crippen molar-refractivity contribution < 1.29 is 13.2 Å². The van der Waals surface area contributed by atoms with Crippen molar-refractivity contribution in [2.24, 2.45) is 5.73 Å². The summed E-state index contributed by atoms with van der Waals surface area (Å²) in [5.41, 5.74) is 8.74. The molecule has 1 amide bonds. The molecule has 0 atom stereocenters. The lowest BCUT2D eigenvalue weighted by atomic mass is 10.0. The van der Waals surface area contributed by atoms with Gasteiger partial charge in [0, 0.05) is 31.2 Å². The number of carbonyl (C=O) groups excluding carboxylic acids is 1. The molecule has 190 valence electrons. The highest BCUT2D eigenvalue weighted by atomic mass is 32.2. The van der Waals surface area contributed by atoms with Gasteiger partial charge in [0.25, 0.3) is 0 Å². The molecule has 0 unspecified atom stereocenters. The van der Waals surface area contributed by atoms with Gasteiger partial charge in [-0.1, -0.05) is 48.5 Å². The quantitative estimate of drug-likeness (QED) is 0.323. The molecule has 0 aliphatic rings. The van der Waals surface area contributed by atoms with Crippen LogP contribution in [0.2, 0.25) is 0 Å². The Labute approximate surface area is 220 Å². The van der Waals surface area contributed by atoms with Crippen LogP contribution in [0.25, 0.3) is 33.4 Å². The molecule has 0 radical (unpaired) electrons. The summed E-state index contributed by atoms with van der Waals surface area (Å²) in [6.07, 6.45) is 4.74. The monoisotopic (exact) mass is 524 g/mol. The molecular weight excluding hydrogens is 500 g/mol. The number of rotatable bonds is 8. The number of carbonyl (C=O) groups is 1. The number of sulfone groups is 1. The van der Waals surface area contributed by atoms with Crippen LogP contribution in [0.3, 0.4) is 0 Å². The van der Waals surface area contributed by atoms with Gasteiger partial charge in [0.15, 0.2) is 15.7 Å². The number of primary amides is 1. The van der Waals surface area contributed by atoms with E-state index in [0.29, 0.717) is 34.1 Å². The first-order chi connectivity index (χ1) is 18.3. The maximum atomic E-state index is 12.3. The van der Waals surface area contributed by atoms with E-state index in [1.165, 1.54) is 6.20 Å². The Balaban J connectivity index is 1.68. The van der Waals surface area contributed by atoms with Crippen LogP contribution in [0.4, 0.5) is 11.6 Å². The molecule has 9 nitrogen and oxygen atoms in total. The Bertz CT molecular complexity index is 1730. The zero-order valence-corrected chi connectivity index (χ0v) is 21.3. The summed E-state index contributed by atoms with van der Waals surface area (Å²) in [5.74, 6) is -0.292. The number of benzene rings is 2. The third kappa shape index (κ3) is 5.35. The van der Waals surface area contributed by atoms with Crippen molar-refractivity contribution in [2.75, 3.05) is 17.7 Å². The molecule has 0 bridgehead atoms. The minimum atomic E-state index is -3.73. The van der Waals surface area contributed by atoms with E-state index in [1.54, 1.807) is 18.5 Å². The number of pyridine rings is 2. The van der Waals surface area contributed by atoms with Crippen LogP contribution in [0.1, 0.15) is 5.56 Å². The lowest BCUT2D eigenvalue weighted by molar-refractivity contribution is -0.115. The molecule has 0 aliphatic carbocycles. The van der Waals surface area contributed by atoms with Crippen molar-refractivity contribution in [3.63, 3.8) is 0 Å². The van der Waals surface area contributed by atoms with Crippen LogP contribution >= 0.6 is 0 Å². The van der Waals surface area contributed by atoms with Gasteiger partial charge in [0.2, 0.25) is 5.91 Å². The number of fused-ring (bicyclic) bond motifs is 1. The molecule has 5 aromatic rings. The molecule has 10 heteroatoms. The van der Waals surface area contributed by atoms with Crippen molar-refractivity contribution >= 4 is 38.3 Å². The summed E-state index contributed by atoms with van der Waals surface area (Å²) in [7, 11) is -1.84. The van der Waals surface area contributed by atoms with Crippen LogP contribution in [-0.2, 0) is 20.4 Å². The Morgan fingerprint density at radius 2 is 1.71 bits per heavy atom. The van der Waals surface area contributed by atoms with E-state index < -0.39 is 21.5 Å². The van der Waals surface area contributed by atoms with Crippen LogP contribution in [0, 0.1) is 0 Å². The molecule has 5 rings (SSSR count). The first kappa shape index (κ1) is 25.0. The van der Waals surface area contributed by atoms with Gasteiger partial charge in [-0.05, 0) is 41.0 Å². The second-order valence-corrected chi connectivity index (χ2v) is 10.8. The van der Waals surface area contributed by atoms with Crippen LogP contribution in [0.15, 0.2) is 91.4 Å². The molecule has 3 heterocycles. The van der Waals surface area contributed by atoms with Gasteiger partial charge in [-0.3, -0.25) is 9.78 Å². The normalized spacial score (nSPS) is 11.4. The number of hydrogen-bond donors (Lipinski definition) is 1. The van der Waals surface area contributed by atoms with Gasteiger partial charge in [0.05, 0.1) is 16.7 Å². The molecule has 0 spiro atoms. The molecule has 0 fully saturated rings. The average molecular weight is 525 g/mol. The second kappa shape index (κ2) is 10.3. The highest BCUT2D eigenvalue weighted by molar-refractivity contribution is 7.91. The smallest absolute Gasteiger partial charge is 0.232 e. The number of nitrogens with two attached hydrogens (primary N) is 1. The van der Waals surface area contributed by atoms with E-state index in [4.69, 9.17) is 15.7 Å². The van der Waals surface area contributed by atoms with Gasteiger partial charge in [0.1, 0.15) is 17.4 Å². The van der Waals surface area contributed by atoms with Crippen molar-refractivity contribution in [3.05, 3.63) is 97.0 Å². The number of hydrogen-bond acceptors (Lipinski definition) is 8. The highest BCUT2D eigenvalue weighted by Gasteiger charge is 2.20. The van der Waals surface area contributed by atoms with E-state index in [-0.39, 0.29) is 5.75 Å². The van der Waals surface area contributed by atoms with Gasteiger partial charge in [-0.15, -0.1) is 0 Å². The number of anilines is 2. The van der Waals surface area contributed by atoms with Crippen molar-refractivity contribution in [1.29, 1.82) is 0 Å². The largest absolute Gasteiger partial charge is 0.369 e. The molecule has 3 aromatic heterocycles. The maximum absolute atomic E-state index is 12.3. The number of nitrogens with zero attached hydrogens (tertiary/aromatic N) is 5. The van der Waals surface area contributed by atoms with Gasteiger partial charge >= 0.3 is 0 Å². The van der Waals surface area contributed by atoms with Crippen molar-refractivity contribution in [2.45, 2.75) is 5.75 Å². The zero-order chi connectivity index (χ0) is 26.7. The first-order valence-electron chi connectivity index (χ1n) is 11.7. The summed E-state index contributed by atoms with van der Waals surface area (Å²) >= 11 is 0. The minimum absolute atomic E-state index is 0.372. The number of amides is 1. The SMILES string of the molecule is CN(c1ccccn1)c1nc(-c2cncc(CS(=O)(=O)CC(N)=O)c2)nc2cccc(-c3ccccc3)c12. The molecule has 38 heavy (non-hydrogen) atoms. The average Bonchev–Trinajstić information content (AvgIpc) is 2.92. The molecular formula is C28H24N6O3S. The van der Waals surface area contributed by atoms with Crippen molar-refractivity contribution in [3.8, 4) is 22.5 Å². The number of aromatic nitrogens is 4. The van der Waals surface area contributed by atoms with E-state index in [9.17, 15) is 13.2 Å². The van der Waals surface area contributed by atoms with Crippen molar-refractivity contribution in [1.82, 2.24) is 19.9 Å². The second-order valence-electron chi connectivity index (χ2n) is 8.76. The summed E-state index contributed by atoms with van der Waals surface area (Å²) < 4.78 is 24.7. The van der Waals surface area contributed by atoms with Crippen LogP contribution < -0.4 is 10.6 Å². The molecule has 2 N–H and O–H groups in total. The predicted octanol–water partition coefficient (Wildman–Crippen LogP) is 3.92. The Kier molecular flexibility index (Phi) is 6.80. The van der Waals surface area contributed by atoms with Crippen LogP contribution in [-0.4, -0.2) is 47.1 Å². The predicted molar refractivity (Wildman–Crippen MR) is 147 cm³/mol. The standard InChI is InChI=1S/C28H24N6O3S/c1-34(25-12-5-6-13-31-25)28-26-22(20-8-3-2-4-9-20)10-7-11-23(26)32-27(33-28)21-14-19(15-30-16-21)17-38(36,37)18-24(29)35/h2-16H,17-18H2,1H3,(H2,29,35). The van der Waals surface area contributed by atoms with E-state index in [2.05, 4.69) is 9.97 Å². The zero-order valence-electron chi connectivity index (χ0n) is 20.5. The van der Waals surface area contributed by atoms with E-state index >= 15 is 0 Å². The maximum Gasteiger partial charge on any atom is 0.232 e. The Hall–Kier alpha value is -4.70. The fourth-order valence-corrected chi connectivity index (χ4v) is 5.47. The minimum Gasteiger partial charge on any atom is -0.369 e. The lowest BCUT2D eigenvalue weighted by Crippen LogP contribution is -2.24. The Morgan fingerprint density at radius 3 is 2.45 bits per heavy atom. The fourth-order valence-electron chi connectivity index (χ4n) is 4.26. The van der Waals surface area contributed by atoms with Gasteiger partial charge < -0.3 is 10.6 Å². The van der Waals surface area contributed by atoms with E-state index in [0.717, 1.165) is 16.5 Å². The molecule has 0 saturated carbocycles. The summed E-state index contributed by atoms with van der Waals surface area (Å²) in [6.45, 7) is 0. The lowest BCUT2D eigenvalue weighted by Gasteiger charge is -2.21. The fraction of sp³-hybridized carbons (Fsp3) is 0.107. The highest BCUT2D eigenvalue weighted by Crippen LogP contribution is 2.37. The summed E-state index contributed by atoms with van der Waals surface area (Å²) in [5, 5.41) is 0.851. The van der Waals surface area contributed by atoms with Gasteiger partial charge in [-0.2, -0.15) is 0 Å². The third-order valence-corrected chi connectivity index (χ3v) is 7.40. The topological polar surface area (TPSA) is 132 Å². The van der Waals surface area contributed by atoms with Crippen LogP contribution in [0.5, 0.6) is 0 Å². The summed E-state index contributed by atoms with van der Waals surface area (Å²) in [6, 6.07) is 23.2. The molecule has 2 aromatic carbocycles.